The van der Waals surface area contributed by atoms with Gasteiger partial charge in [-0.15, -0.1) is 23.1 Å². The first-order valence-electron chi connectivity index (χ1n) is 10.3. The van der Waals surface area contributed by atoms with Gasteiger partial charge in [0.05, 0.1) is 22.0 Å². The Hall–Kier alpha value is -1.93. The van der Waals surface area contributed by atoms with Crippen LogP contribution in [-0.4, -0.2) is 66.2 Å². The molecule has 1 atom stereocenters. The van der Waals surface area contributed by atoms with Crippen molar-refractivity contribution >= 4 is 39.2 Å². The Bertz CT molecular complexity index is 921. The van der Waals surface area contributed by atoms with Crippen molar-refractivity contribution in [3.8, 4) is 0 Å². The third-order valence-corrected chi connectivity index (χ3v) is 7.53. The molecule has 30 heavy (non-hydrogen) atoms. The smallest absolute Gasteiger partial charge is 0.230 e. The molecule has 7 heteroatoms. The lowest BCUT2D eigenvalue weighted by Gasteiger charge is -2.35. The van der Waals surface area contributed by atoms with E-state index < -0.39 is 0 Å². The number of benzene rings is 2. The van der Waals surface area contributed by atoms with Crippen LogP contribution in [0.3, 0.4) is 0 Å². The summed E-state index contributed by atoms with van der Waals surface area (Å²) < 4.78 is 1.20. The summed E-state index contributed by atoms with van der Waals surface area (Å²) in [6.07, 6.45) is 0. The van der Waals surface area contributed by atoms with Crippen LogP contribution in [0.4, 0.5) is 0 Å². The molecule has 1 unspecified atom stereocenters. The number of thiazole rings is 1. The molecule has 1 N–H and O–H groups in total. The average molecular weight is 441 g/mol. The Labute approximate surface area is 186 Å². The first-order chi connectivity index (χ1) is 14.7. The number of nitrogens with one attached hydrogen (secondary N) is 1. The van der Waals surface area contributed by atoms with E-state index in [1.54, 1.807) is 23.1 Å². The summed E-state index contributed by atoms with van der Waals surface area (Å²) >= 11 is 3.34. The van der Waals surface area contributed by atoms with Crippen molar-refractivity contribution in [1.82, 2.24) is 20.1 Å². The summed E-state index contributed by atoms with van der Waals surface area (Å²) in [4.78, 5) is 22.2. The van der Waals surface area contributed by atoms with Gasteiger partial charge in [0.1, 0.15) is 5.01 Å². The summed E-state index contributed by atoms with van der Waals surface area (Å²) in [5, 5.41) is 4.35. The number of carbonyl (C=O) groups is 1. The maximum absolute atomic E-state index is 12.7. The second kappa shape index (κ2) is 10.4. The fraction of sp³-hybridized carbons (Fsp3) is 0.391. The number of carbonyl (C=O) groups excluding carboxylic acids is 1. The molecule has 2 aromatic carbocycles. The van der Waals surface area contributed by atoms with Crippen LogP contribution in [0.25, 0.3) is 10.2 Å². The van der Waals surface area contributed by atoms with Crippen LogP contribution in [0.15, 0.2) is 54.6 Å². The van der Waals surface area contributed by atoms with E-state index in [4.69, 9.17) is 0 Å². The Balaban J connectivity index is 1.31. The molecule has 2 heterocycles. The molecular weight excluding hydrogens is 412 g/mol. The van der Waals surface area contributed by atoms with Gasteiger partial charge in [-0.1, -0.05) is 42.5 Å². The number of hydrogen-bond acceptors (Lipinski definition) is 6. The molecule has 5 nitrogen and oxygen atoms in total. The van der Waals surface area contributed by atoms with Gasteiger partial charge in [0.15, 0.2) is 0 Å². The highest BCUT2D eigenvalue weighted by Gasteiger charge is 2.21. The van der Waals surface area contributed by atoms with Crippen molar-refractivity contribution in [3.05, 3.63) is 65.2 Å². The third-order valence-electron chi connectivity index (χ3n) is 5.37. The topological polar surface area (TPSA) is 48.5 Å². The van der Waals surface area contributed by atoms with Gasteiger partial charge in [-0.05, 0) is 24.7 Å². The Morgan fingerprint density at radius 2 is 1.83 bits per heavy atom. The van der Waals surface area contributed by atoms with Gasteiger partial charge in [0, 0.05) is 38.5 Å². The fourth-order valence-electron chi connectivity index (χ4n) is 3.66. The standard InChI is InChI=1S/C23H28N4OS2/c1-26-11-13-27(14-12-26)15-20(18-7-3-2-4-8-18)24-22(28)16-29-17-23-25-19-9-5-6-10-21(19)30-23/h2-10,20H,11-17H2,1H3,(H,24,28). The van der Waals surface area contributed by atoms with Crippen molar-refractivity contribution < 1.29 is 4.79 Å². The van der Waals surface area contributed by atoms with Crippen LogP contribution < -0.4 is 5.32 Å². The predicted octanol–water partition coefficient (Wildman–Crippen LogP) is 3.63. The average Bonchev–Trinajstić information content (AvgIpc) is 3.18. The maximum Gasteiger partial charge on any atom is 0.230 e. The lowest BCUT2D eigenvalue weighted by atomic mass is 10.1. The molecule has 1 fully saturated rings. The van der Waals surface area contributed by atoms with Crippen molar-refractivity contribution in [2.75, 3.05) is 45.5 Å². The zero-order chi connectivity index (χ0) is 20.8. The van der Waals surface area contributed by atoms with E-state index in [1.165, 1.54) is 10.3 Å². The minimum atomic E-state index is 0.0187. The van der Waals surface area contributed by atoms with Crippen LogP contribution in [-0.2, 0) is 10.5 Å². The SMILES string of the molecule is CN1CCN(CC(NC(=O)CSCc2nc3ccccc3s2)c2ccccc2)CC1. The predicted molar refractivity (Wildman–Crippen MR) is 127 cm³/mol. The van der Waals surface area contributed by atoms with Gasteiger partial charge in [-0.2, -0.15) is 0 Å². The van der Waals surface area contributed by atoms with E-state index in [-0.39, 0.29) is 11.9 Å². The number of fused-ring (bicyclic) bond motifs is 1. The number of amides is 1. The number of hydrogen-bond donors (Lipinski definition) is 1. The lowest BCUT2D eigenvalue weighted by molar-refractivity contribution is -0.119. The number of likely N-dealkylation sites (N-methyl/N-ethyl adjacent to an activating group) is 1. The maximum atomic E-state index is 12.7. The number of rotatable bonds is 8. The van der Waals surface area contributed by atoms with E-state index in [0.717, 1.165) is 49.0 Å². The molecule has 1 amide bonds. The third kappa shape index (κ3) is 5.82. The number of para-hydroxylation sites is 1. The summed E-state index contributed by atoms with van der Waals surface area (Å²) in [5.74, 6) is 1.30. The molecule has 4 rings (SSSR count). The molecule has 0 spiro atoms. The number of thioether (sulfide) groups is 1. The Morgan fingerprint density at radius 3 is 2.60 bits per heavy atom. The summed E-state index contributed by atoms with van der Waals surface area (Å²) in [6, 6.07) is 18.5. The highest BCUT2D eigenvalue weighted by molar-refractivity contribution is 7.99. The van der Waals surface area contributed by atoms with Crippen LogP contribution in [0.1, 0.15) is 16.6 Å². The Morgan fingerprint density at radius 1 is 1.10 bits per heavy atom. The van der Waals surface area contributed by atoms with Crippen LogP contribution >= 0.6 is 23.1 Å². The number of nitrogens with zero attached hydrogens (tertiary/aromatic N) is 3. The van der Waals surface area contributed by atoms with Gasteiger partial charge in [-0.25, -0.2) is 4.98 Å². The van der Waals surface area contributed by atoms with E-state index >= 15 is 0 Å². The van der Waals surface area contributed by atoms with E-state index in [9.17, 15) is 4.79 Å². The monoisotopic (exact) mass is 440 g/mol. The van der Waals surface area contributed by atoms with E-state index in [0.29, 0.717) is 5.75 Å². The molecule has 0 radical (unpaired) electrons. The Kier molecular flexibility index (Phi) is 7.38. The molecule has 0 aliphatic carbocycles. The lowest BCUT2D eigenvalue weighted by Crippen LogP contribution is -2.48. The molecule has 0 saturated carbocycles. The summed E-state index contributed by atoms with van der Waals surface area (Å²) in [6.45, 7) is 5.09. The highest BCUT2D eigenvalue weighted by Crippen LogP contribution is 2.25. The van der Waals surface area contributed by atoms with Gasteiger partial charge < -0.3 is 10.2 Å². The van der Waals surface area contributed by atoms with Crippen molar-refractivity contribution in [3.63, 3.8) is 0 Å². The number of aromatic nitrogens is 1. The fourth-order valence-corrected chi connectivity index (χ4v) is 5.52. The molecule has 1 saturated heterocycles. The van der Waals surface area contributed by atoms with Gasteiger partial charge in [0.25, 0.3) is 0 Å². The van der Waals surface area contributed by atoms with Crippen LogP contribution in [0.5, 0.6) is 0 Å². The largest absolute Gasteiger partial charge is 0.347 e. The molecule has 1 aliphatic heterocycles. The van der Waals surface area contributed by atoms with Gasteiger partial charge >= 0.3 is 0 Å². The summed E-state index contributed by atoms with van der Waals surface area (Å²) in [5.41, 5.74) is 2.21. The molecular formula is C23H28N4OS2. The second-order valence-corrected chi connectivity index (χ2v) is 9.80. The van der Waals surface area contributed by atoms with Crippen LogP contribution in [0.2, 0.25) is 0 Å². The second-order valence-electron chi connectivity index (χ2n) is 7.70. The van der Waals surface area contributed by atoms with Crippen molar-refractivity contribution in [2.24, 2.45) is 0 Å². The zero-order valence-corrected chi connectivity index (χ0v) is 18.9. The summed E-state index contributed by atoms with van der Waals surface area (Å²) in [7, 11) is 2.16. The molecule has 158 valence electrons. The first-order valence-corrected chi connectivity index (χ1v) is 12.3. The van der Waals surface area contributed by atoms with Gasteiger partial charge in [0.2, 0.25) is 5.91 Å². The zero-order valence-electron chi connectivity index (χ0n) is 17.3. The van der Waals surface area contributed by atoms with E-state index in [2.05, 4.69) is 45.3 Å². The first kappa shape index (κ1) is 21.3. The molecule has 3 aromatic rings. The normalized spacial score (nSPS) is 16.6. The molecule has 1 aliphatic rings. The minimum Gasteiger partial charge on any atom is -0.347 e. The van der Waals surface area contributed by atoms with Crippen molar-refractivity contribution in [1.29, 1.82) is 0 Å². The molecule has 0 bridgehead atoms. The minimum absolute atomic E-state index is 0.0187. The van der Waals surface area contributed by atoms with E-state index in [1.807, 2.05) is 36.4 Å². The highest BCUT2D eigenvalue weighted by atomic mass is 32.2. The number of piperazine rings is 1. The van der Waals surface area contributed by atoms with Gasteiger partial charge in [-0.3, -0.25) is 9.69 Å². The quantitative estimate of drug-likeness (QED) is 0.580. The van der Waals surface area contributed by atoms with Crippen LogP contribution in [0, 0.1) is 0 Å². The molecule has 1 aromatic heterocycles. The van der Waals surface area contributed by atoms with Crippen molar-refractivity contribution in [2.45, 2.75) is 11.8 Å².